The Morgan fingerprint density at radius 2 is 1.10 bits per heavy atom. The summed E-state index contributed by atoms with van der Waals surface area (Å²) in [5.41, 5.74) is 0. The van der Waals surface area contributed by atoms with Crippen LogP contribution in [0.5, 0.6) is 0 Å². The maximum Gasteiger partial charge on any atom is 0.298 e. The number of hydrogen-bond donors (Lipinski definition) is 0. The van der Waals surface area contributed by atoms with E-state index in [9.17, 15) is 16.8 Å². The van der Waals surface area contributed by atoms with Crippen LogP contribution < -0.4 is 0 Å². The zero-order chi connectivity index (χ0) is 22.1. The first kappa shape index (κ1) is 24.1. The topological polar surface area (TPSA) is 86.7 Å². The summed E-state index contributed by atoms with van der Waals surface area (Å²) in [7, 11) is -8.41. The van der Waals surface area contributed by atoms with Gasteiger partial charge in [-0.25, -0.2) is 0 Å². The molecule has 1 saturated carbocycles. The molecular formula is C18H16Cl4O6S2. The highest BCUT2D eigenvalue weighted by Crippen LogP contribution is 2.33. The summed E-state index contributed by atoms with van der Waals surface area (Å²) in [5, 5.41) is 0.328. The van der Waals surface area contributed by atoms with E-state index in [1.807, 2.05) is 0 Å². The molecule has 2 atom stereocenters. The van der Waals surface area contributed by atoms with E-state index in [1.165, 1.54) is 36.4 Å². The molecule has 2 aromatic rings. The van der Waals surface area contributed by atoms with Crippen molar-refractivity contribution in [2.45, 2.75) is 47.7 Å². The molecule has 0 aromatic heterocycles. The predicted octanol–water partition coefficient (Wildman–Crippen LogP) is 5.72. The Kier molecular flexibility index (Phi) is 7.62. The quantitative estimate of drug-likeness (QED) is 0.441. The molecule has 2 unspecified atom stereocenters. The molecular weight excluding hydrogens is 518 g/mol. The first-order valence-corrected chi connectivity index (χ1v) is 13.1. The van der Waals surface area contributed by atoms with Crippen LogP contribution in [0.15, 0.2) is 46.2 Å². The second-order valence-electron chi connectivity index (χ2n) is 6.66. The van der Waals surface area contributed by atoms with Gasteiger partial charge in [-0.1, -0.05) is 46.4 Å². The fourth-order valence-corrected chi connectivity index (χ4v) is 6.78. The lowest BCUT2D eigenvalue weighted by Gasteiger charge is -2.28. The molecule has 0 N–H and O–H groups in total. The first-order valence-electron chi connectivity index (χ1n) is 8.74. The van der Waals surface area contributed by atoms with Crippen LogP contribution in [-0.4, -0.2) is 29.0 Å². The van der Waals surface area contributed by atoms with Crippen molar-refractivity contribution >= 4 is 66.6 Å². The Labute approximate surface area is 195 Å². The molecule has 0 radical (unpaired) electrons. The van der Waals surface area contributed by atoms with Gasteiger partial charge in [0, 0.05) is 16.5 Å². The number of rotatable bonds is 6. The van der Waals surface area contributed by atoms with E-state index in [0.29, 0.717) is 19.3 Å². The van der Waals surface area contributed by atoms with E-state index < -0.39 is 32.4 Å². The van der Waals surface area contributed by atoms with Gasteiger partial charge in [-0.2, -0.15) is 16.8 Å². The Bertz CT molecular complexity index is 1060. The molecule has 164 valence electrons. The Morgan fingerprint density at radius 3 is 1.50 bits per heavy atom. The van der Waals surface area contributed by atoms with Crippen LogP contribution in [0.2, 0.25) is 20.1 Å². The first-order chi connectivity index (χ1) is 14.0. The molecule has 0 bridgehead atoms. The predicted molar refractivity (Wildman–Crippen MR) is 116 cm³/mol. The van der Waals surface area contributed by atoms with Gasteiger partial charge in [-0.05, 0) is 55.7 Å². The van der Waals surface area contributed by atoms with E-state index in [4.69, 9.17) is 54.8 Å². The van der Waals surface area contributed by atoms with Crippen molar-refractivity contribution in [2.75, 3.05) is 0 Å². The van der Waals surface area contributed by atoms with Crippen LogP contribution in [0.25, 0.3) is 0 Å². The van der Waals surface area contributed by atoms with Crippen LogP contribution in [0.1, 0.15) is 25.7 Å². The standard InChI is InChI=1S/C18H16Cl4O6S2/c19-11-4-6-15(21)17(8-11)29(23,24)27-13-2-1-3-14(10-13)28-30(25,26)18-9-12(20)5-7-16(18)22/h4-9,13-14H,1-3,10H2. The van der Waals surface area contributed by atoms with Gasteiger partial charge in [-0.15, -0.1) is 0 Å². The van der Waals surface area contributed by atoms with E-state index in [1.54, 1.807) is 0 Å². The molecule has 1 aliphatic carbocycles. The van der Waals surface area contributed by atoms with E-state index in [-0.39, 0.29) is 36.3 Å². The summed E-state index contributed by atoms with van der Waals surface area (Å²) in [6.45, 7) is 0. The van der Waals surface area contributed by atoms with Gasteiger partial charge in [-0.3, -0.25) is 8.37 Å². The zero-order valence-electron chi connectivity index (χ0n) is 15.2. The maximum absolute atomic E-state index is 12.6. The van der Waals surface area contributed by atoms with Crippen molar-refractivity contribution in [1.29, 1.82) is 0 Å². The molecule has 0 aliphatic heterocycles. The van der Waals surface area contributed by atoms with E-state index >= 15 is 0 Å². The molecule has 3 rings (SSSR count). The monoisotopic (exact) mass is 532 g/mol. The second kappa shape index (κ2) is 9.50. The minimum atomic E-state index is -4.20. The third-order valence-electron chi connectivity index (χ3n) is 4.43. The summed E-state index contributed by atoms with van der Waals surface area (Å²) < 4.78 is 61.1. The lowest BCUT2D eigenvalue weighted by atomic mass is 9.95. The van der Waals surface area contributed by atoms with Crippen molar-refractivity contribution < 1.29 is 25.2 Å². The average Bonchev–Trinajstić information content (AvgIpc) is 2.65. The SMILES string of the molecule is O=S(=O)(OC1CCCC(OS(=O)(=O)c2cc(Cl)ccc2Cl)C1)c1cc(Cl)ccc1Cl. The normalized spacial score (nSPS) is 20.3. The van der Waals surface area contributed by atoms with Gasteiger partial charge in [0.15, 0.2) is 0 Å². The van der Waals surface area contributed by atoms with Gasteiger partial charge < -0.3 is 0 Å². The maximum atomic E-state index is 12.6. The van der Waals surface area contributed by atoms with Crippen LogP contribution >= 0.6 is 46.4 Å². The molecule has 1 aliphatic rings. The third-order valence-corrected chi connectivity index (χ3v) is 8.59. The smallest absolute Gasteiger partial charge is 0.263 e. The van der Waals surface area contributed by atoms with Crippen LogP contribution in [0, 0.1) is 0 Å². The van der Waals surface area contributed by atoms with Gasteiger partial charge >= 0.3 is 0 Å². The molecule has 0 amide bonds. The van der Waals surface area contributed by atoms with Gasteiger partial charge in [0.25, 0.3) is 20.2 Å². The minimum Gasteiger partial charge on any atom is -0.263 e. The molecule has 30 heavy (non-hydrogen) atoms. The molecule has 6 nitrogen and oxygen atoms in total. The molecule has 0 spiro atoms. The number of hydrogen-bond acceptors (Lipinski definition) is 6. The Morgan fingerprint density at radius 1 is 0.700 bits per heavy atom. The summed E-state index contributed by atoms with van der Waals surface area (Å²) in [6, 6.07) is 8.02. The zero-order valence-corrected chi connectivity index (χ0v) is 19.9. The fraction of sp³-hybridized carbons (Fsp3) is 0.333. The number of halogens is 4. The molecule has 1 fully saturated rings. The molecule has 0 heterocycles. The van der Waals surface area contributed by atoms with Crippen molar-refractivity contribution in [2.24, 2.45) is 0 Å². The molecule has 2 aromatic carbocycles. The largest absolute Gasteiger partial charge is 0.298 e. The number of benzene rings is 2. The summed E-state index contributed by atoms with van der Waals surface area (Å²) in [6.07, 6.45) is -0.186. The Balaban J connectivity index is 1.74. The second-order valence-corrected chi connectivity index (χ2v) is 11.4. The van der Waals surface area contributed by atoms with Gasteiger partial charge in [0.05, 0.1) is 22.3 Å². The van der Waals surface area contributed by atoms with Crippen LogP contribution in [-0.2, 0) is 28.6 Å². The molecule has 0 saturated heterocycles. The minimum absolute atomic E-state index is 0.0267. The highest BCUT2D eigenvalue weighted by atomic mass is 35.5. The highest BCUT2D eigenvalue weighted by Gasteiger charge is 2.33. The van der Waals surface area contributed by atoms with E-state index in [0.717, 1.165) is 0 Å². The third kappa shape index (κ3) is 5.81. The summed E-state index contributed by atoms with van der Waals surface area (Å²) >= 11 is 23.6. The fourth-order valence-electron chi connectivity index (χ4n) is 3.08. The lowest BCUT2D eigenvalue weighted by molar-refractivity contribution is 0.0759. The molecule has 12 heteroatoms. The average molecular weight is 534 g/mol. The van der Waals surface area contributed by atoms with E-state index in [2.05, 4.69) is 0 Å². The van der Waals surface area contributed by atoms with Crippen molar-refractivity contribution in [1.82, 2.24) is 0 Å². The van der Waals surface area contributed by atoms with Crippen LogP contribution in [0.4, 0.5) is 0 Å². The van der Waals surface area contributed by atoms with Crippen molar-refractivity contribution in [3.63, 3.8) is 0 Å². The van der Waals surface area contributed by atoms with Crippen molar-refractivity contribution in [3.05, 3.63) is 56.5 Å². The van der Waals surface area contributed by atoms with Gasteiger partial charge in [0.2, 0.25) is 0 Å². The highest BCUT2D eigenvalue weighted by molar-refractivity contribution is 7.87. The summed E-state index contributed by atoms with van der Waals surface area (Å²) in [5.74, 6) is 0. The van der Waals surface area contributed by atoms with Crippen molar-refractivity contribution in [3.8, 4) is 0 Å². The summed E-state index contributed by atoms with van der Waals surface area (Å²) in [4.78, 5) is -0.504. The van der Waals surface area contributed by atoms with Gasteiger partial charge in [0.1, 0.15) is 9.79 Å². The lowest BCUT2D eigenvalue weighted by Crippen LogP contribution is -2.31. The Hall–Kier alpha value is -0.580. The van der Waals surface area contributed by atoms with Crippen LogP contribution in [0.3, 0.4) is 0 Å².